The minimum Gasteiger partial charge on any atom is -0.497 e. The number of ether oxygens (including phenoxy) is 1. The standard InChI is InChI=1S/C13H15NO3S/c1-8(15)13(2)11(18)12(16)14(13)9-4-6-10(17-3)7-5-9/h4-7,11,18H,1-3H3/t11-,13-/m1/s1. The summed E-state index contributed by atoms with van der Waals surface area (Å²) in [7, 11) is 1.58. The Hall–Kier alpha value is -1.49. The van der Waals surface area contributed by atoms with Crippen LogP contribution in [0.2, 0.25) is 0 Å². The van der Waals surface area contributed by atoms with E-state index in [1.54, 1.807) is 38.3 Å². The van der Waals surface area contributed by atoms with Gasteiger partial charge in [-0.05, 0) is 38.1 Å². The topological polar surface area (TPSA) is 46.6 Å². The Kier molecular flexibility index (Phi) is 3.11. The van der Waals surface area contributed by atoms with Crippen molar-refractivity contribution in [3.05, 3.63) is 24.3 Å². The van der Waals surface area contributed by atoms with Crippen molar-refractivity contribution >= 4 is 30.0 Å². The highest BCUT2D eigenvalue weighted by molar-refractivity contribution is 7.82. The second kappa shape index (κ2) is 4.31. The lowest BCUT2D eigenvalue weighted by atomic mass is 9.81. The van der Waals surface area contributed by atoms with Crippen LogP contribution in [0.1, 0.15) is 13.8 Å². The van der Waals surface area contributed by atoms with Crippen molar-refractivity contribution in [3.63, 3.8) is 0 Å². The third-order valence-corrected chi connectivity index (χ3v) is 4.22. The zero-order valence-corrected chi connectivity index (χ0v) is 11.4. The normalized spacial score (nSPS) is 26.8. The molecule has 1 amide bonds. The molecule has 0 unspecified atom stereocenters. The smallest absolute Gasteiger partial charge is 0.243 e. The fourth-order valence-electron chi connectivity index (χ4n) is 2.12. The number of methoxy groups -OCH3 is 1. The molecule has 96 valence electrons. The van der Waals surface area contributed by atoms with Crippen molar-refractivity contribution < 1.29 is 14.3 Å². The molecule has 0 radical (unpaired) electrons. The summed E-state index contributed by atoms with van der Waals surface area (Å²) in [6, 6.07) is 7.04. The number of anilines is 1. The van der Waals surface area contributed by atoms with E-state index in [0.717, 1.165) is 0 Å². The fourth-order valence-corrected chi connectivity index (χ4v) is 2.54. The highest BCUT2D eigenvalue weighted by Crippen LogP contribution is 2.41. The monoisotopic (exact) mass is 265 g/mol. The zero-order chi connectivity index (χ0) is 13.5. The number of amides is 1. The Bertz CT molecular complexity index is 499. The molecule has 1 heterocycles. The Morgan fingerprint density at radius 2 is 1.94 bits per heavy atom. The molecule has 4 nitrogen and oxygen atoms in total. The number of nitrogens with zero attached hydrogens (tertiary/aromatic N) is 1. The van der Waals surface area contributed by atoms with Gasteiger partial charge in [-0.1, -0.05) is 0 Å². The lowest BCUT2D eigenvalue weighted by molar-refractivity contribution is -0.135. The molecule has 18 heavy (non-hydrogen) atoms. The molecule has 2 atom stereocenters. The van der Waals surface area contributed by atoms with Crippen LogP contribution in [-0.4, -0.2) is 29.6 Å². The van der Waals surface area contributed by atoms with E-state index in [4.69, 9.17) is 4.74 Å². The number of β-lactam (4-membered cyclic amide) rings is 1. The number of Topliss-reactive ketones (excluding diaryl/α,β-unsaturated/α-hetero) is 1. The van der Waals surface area contributed by atoms with Gasteiger partial charge in [0.2, 0.25) is 5.91 Å². The highest BCUT2D eigenvalue weighted by atomic mass is 32.1. The predicted octanol–water partition coefficient (Wildman–Crippen LogP) is 1.69. The minimum absolute atomic E-state index is 0.0714. The number of rotatable bonds is 3. The van der Waals surface area contributed by atoms with Crippen molar-refractivity contribution in [3.8, 4) is 5.75 Å². The van der Waals surface area contributed by atoms with Gasteiger partial charge in [0.1, 0.15) is 16.5 Å². The first-order valence-electron chi connectivity index (χ1n) is 5.60. The van der Waals surface area contributed by atoms with Crippen LogP contribution in [-0.2, 0) is 9.59 Å². The summed E-state index contributed by atoms with van der Waals surface area (Å²) in [4.78, 5) is 25.1. The van der Waals surface area contributed by atoms with Gasteiger partial charge in [0, 0.05) is 5.69 Å². The first kappa shape index (κ1) is 13.0. The van der Waals surface area contributed by atoms with E-state index >= 15 is 0 Å². The second-order valence-electron chi connectivity index (χ2n) is 4.48. The summed E-state index contributed by atoms with van der Waals surface area (Å²) in [6.07, 6.45) is 0. The summed E-state index contributed by atoms with van der Waals surface area (Å²) >= 11 is 4.21. The summed E-state index contributed by atoms with van der Waals surface area (Å²) in [6.45, 7) is 3.21. The molecule has 0 saturated carbocycles. The van der Waals surface area contributed by atoms with Crippen LogP contribution in [0.5, 0.6) is 5.75 Å². The van der Waals surface area contributed by atoms with Crippen LogP contribution in [0.25, 0.3) is 0 Å². The van der Waals surface area contributed by atoms with Gasteiger partial charge < -0.3 is 4.74 Å². The molecule has 1 aromatic rings. The Balaban J connectivity index is 2.37. The average Bonchev–Trinajstić information content (AvgIpc) is 2.38. The maximum absolute atomic E-state index is 11.9. The van der Waals surface area contributed by atoms with E-state index in [1.807, 2.05) is 0 Å². The number of benzene rings is 1. The van der Waals surface area contributed by atoms with E-state index in [2.05, 4.69) is 12.6 Å². The molecule has 1 aliphatic heterocycles. The van der Waals surface area contributed by atoms with Gasteiger partial charge in [-0.25, -0.2) is 0 Å². The average molecular weight is 265 g/mol. The number of ketones is 1. The summed E-state index contributed by atoms with van der Waals surface area (Å²) in [5.74, 6) is 0.484. The first-order chi connectivity index (χ1) is 8.42. The number of carbonyl (C=O) groups excluding carboxylic acids is 2. The van der Waals surface area contributed by atoms with Gasteiger partial charge in [0.25, 0.3) is 0 Å². The van der Waals surface area contributed by atoms with Crippen LogP contribution in [0.15, 0.2) is 24.3 Å². The van der Waals surface area contributed by atoms with Gasteiger partial charge in [-0.15, -0.1) is 0 Å². The van der Waals surface area contributed by atoms with E-state index in [0.29, 0.717) is 11.4 Å². The third-order valence-electron chi connectivity index (χ3n) is 3.49. The molecule has 0 bridgehead atoms. The number of hydrogen-bond acceptors (Lipinski definition) is 4. The Morgan fingerprint density at radius 1 is 1.39 bits per heavy atom. The Labute approximate surface area is 111 Å². The minimum atomic E-state index is -0.866. The van der Waals surface area contributed by atoms with E-state index < -0.39 is 10.8 Å². The van der Waals surface area contributed by atoms with Crippen LogP contribution in [0.4, 0.5) is 5.69 Å². The van der Waals surface area contributed by atoms with E-state index in [-0.39, 0.29) is 11.7 Å². The second-order valence-corrected chi connectivity index (χ2v) is 4.99. The number of carbonyl (C=O) groups is 2. The maximum Gasteiger partial charge on any atom is 0.243 e. The van der Waals surface area contributed by atoms with Crippen LogP contribution >= 0.6 is 12.6 Å². The summed E-state index contributed by atoms with van der Waals surface area (Å²) in [5, 5.41) is -0.572. The molecule has 1 aliphatic rings. The van der Waals surface area contributed by atoms with Crippen molar-refractivity contribution in [1.29, 1.82) is 0 Å². The van der Waals surface area contributed by atoms with E-state index in [9.17, 15) is 9.59 Å². The van der Waals surface area contributed by atoms with Crippen molar-refractivity contribution in [1.82, 2.24) is 0 Å². The largest absolute Gasteiger partial charge is 0.497 e. The molecule has 0 spiro atoms. The molecule has 0 N–H and O–H groups in total. The summed E-state index contributed by atoms with van der Waals surface area (Å²) in [5.41, 5.74) is -0.182. The van der Waals surface area contributed by atoms with Gasteiger partial charge in [-0.2, -0.15) is 12.6 Å². The lowest BCUT2D eigenvalue weighted by Crippen LogP contribution is -2.74. The van der Waals surface area contributed by atoms with Gasteiger partial charge >= 0.3 is 0 Å². The molecular formula is C13H15NO3S. The van der Waals surface area contributed by atoms with Crippen molar-refractivity contribution in [2.24, 2.45) is 0 Å². The maximum atomic E-state index is 11.9. The van der Waals surface area contributed by atoms with Gasteiger partial charge in [0.05, 0.1) is 7.11 Å². The summed E-state index contributed by atoms with van der Waals surface area (Å²) < 4.78 is 5.06. The molecule has 1 saturated heterocycles. The Morgan fingerprint density at radius 3 is 2.39 bits per heavy atom. The van der Waals surface area contributed by atoms with Crippen LogP contribution in [0.3, 0.4) is 0 Å². The molecule has 0 aromatic heterocycles. The quantitative estimate of drug-likeness (QED) is 0.668. The van der Waals surface area contributed by atoms with Crippen molar-refractivity contribution in [2.45, 2.75) is 24.6 Å². The predicted molar refractivity (Wildman–Crippen MR) is 72.3 cm³/mol. The molecule has 2 rings (SSSR count). The lowest BCUT2D eigenvalue weighted by Gasteiger charge is -2.52. The van der Waals surface area contributed by atoms with Gasteiger partial charge in [0.15, 0.2) is 5.78 Å². The fraction of sp³-hybridized carbons (Fsp3) is 0.385. The molecule has 0 aliphatic carbocycles. The van der Waals surface area contributed by atoms with E-state index in [1.165, 1.54) is 11.8 Å². The first-order valence-corrected chi connectivity index (χ1v) is 6.11. The highest BCUT2D eigenvalue weighted by Gasteiger charge is 2.59. The SMILES string of the molecule is COc1ccc(N2C(=O)[C@@H](S)[C@@]2(C)C(C)=O)cc1. The molecule has 1 fully saturated rings. The van der Waals surface area contributed by atoms with Crippen molar-refractivity contribution in [2.75, 3.05) is 12.0 Å². The number of hydrogen-bond donors (Lipinski definition) is 1. The molecular weight excluding hydrogens is 250 g/mol. The zero-order valence-electron chi connectivity index (χ0n) is 10.5. The van der Waals surface area contributed by atoms with Crippen LogP contribution < -0.4 is 9.64 Å². The third kappa shape index (κ3) is 1.61. The molecule has 5 heteroatoms. The molecule has 1 aromatic carbocycles. The van der Waals surface area contributed by atoms with Crippen LogP contribution in [0, 0.1) is 0 Å². The number of thiol groups is 1. The van der Waals surface area contributed by atoms with Gasteiger partial charge in [-0.3, -0.25) is 14.5 Å².